The lowest BCUT2D eigenvalue weighted by molar-refractivity contribution is 1.65. The van der Waals surface area contributed by atoms with E-state index in [0.29, 0.717) is 0 Å². The van der Waals surface area contributed by atoms with Crippen LogP contribution in [0.25, 0.3) is 12.2 Å². The molecule has 2 aromatic carbocycles. The first-order valence-corrected chi connectivity index (χ1v) is 6.70. The molecule has 0 saturated heterocycles. The molecular weight excluding hydrogens is 287 g/mol. The van der Waals surface area contributed by atoms with Crippen molar-refractivity contribution in [2.75, 3.05) is 0 Å². The molecule has 0 aliphatic rings. The Labute approximate surface area is 123 Å². The Morgan fingerprint density at radius 1 is 0.611 bits per heavy atom. The van der Waals surface area contributed by atoms with Crippen molar-refractivity contribution in [1.29, 1.82) is 0 Å². The lowest BCUT2D eigenvalue weighted by Crippen LogP contribution is -1.70. The van der Waals surface area contributed by atoms with Gasteiger partial charge in [0.2, 0.25) is 0 Å². The number of hydrogen-bond acceptors (Lipinski definition) is 0. The van der Waals surface area contributed by atoms with Crippen molar-refractivity contribution >= 4 is 47.0 Å². The predicted octanol–water partition coefficient (Wildman–Crippen LogP) is 5.84. The van der Waals surface area contributed by atoms with Gasteiger partial charge in [0.15, 0.2) is 4.30 Å². The molecule has 0 bridgehead atoms. The van der Waals surface area contributed by atoms with Crippen molar-refractivity contribution in [2.24, 2.45) is 0 Å². The van der Waals surface area contributed by atoms with Gasteiger partial charge < -0.3 is 0 Å². The summed E-state index contributed by atoms with van der Waals surface area (Å²) in [7, 11) is 0. The third-order valence-corrected chi connectivity index (χ3v) is 2.07. The third kappa shape index (κ3) is 7.39. The highest BCUT2D eigenvalue weighted by atomic mass is 35.6. The van der Waals surface area contributed by atoms with Crippen LogP contribution in [0.4, 0.5) is 0 Å². The Bertz CT molecular complexity index is 405. The Balaban J connectivity index is 0.000000357. The molecule has 18 heavy (non-hydrogen) atoms. The van der Waals surface area contributed by atoms with Crippen LogP contribution in [0.5, 0.6) is 0 Å². The van der Waals surface area contributed by atoms with Crippen LogP contribution in [0.1, 0.15) is 11.1 Å². The predicted molar refractivity (Wildman–Crippen MR) is 83.2 cm³/mol. The van der Waals surface area contributed by atoms with E-state index in [1.807, 2.05) is 36.4 Å². The molecule has 2 aromatic rings. The van der Waals surface area contributed by atoms with Crippen LogP contribution in [0.2, 0.25) is 0 Å². The van der Waals surface area contributed by atoms with Crippen molar-refractivity contribution in [2.45, 2.75) is 4.30 Å². The largest absolute Gasteiger partial charge is 0.180 e. The summed E-state index contributed by atoms with van der Waals surface area (Å²) in [5.41, 5.74) is 2.47. The Hall–Kier alpha value is -0.950. The number of benzene rings is 2. The second-order valence-corrected chi connectivity index (χ2v) is 5.38. The first kappa shape index (κ1) is 15.1. The molecule has 94 valence electrons. The van der Waals surface area contributed by atoms with Crippen molar-refractivity contribution in [1.82, 2.24) is 0 Å². The molecule has 0 radical (unpaired) electrons. The van der Waals surface area contributed by atoms with Crippen molar-refractivity contribution in [3.63, 3.8) is 0 Å². The van der Waals surface area contributed by atoms with Gasteiger partial charge in [0.05, 0.1) is 0 Å². The monoisotopic (exact) mass is 298 g/mol. The Morgan fingerprint density at radius 2 is 0.889 bits per heavy atom. The summed E-state index contributed by atoms with van der Waals surface area (Å²) >= 11 is 14.4. The fourth-order valence-electron chi connectivity index (χ4n) is 1.32. The molecule has 0 unspecified atom stereocenters. The normalized spacial score (nSPS) is 10.2. The van der Waals surface area contributed by atoms with E-state index in [4.69, 9.17) is 34.8 Å². The molecule has 2 rings (SSSR count). The molecule has 0 spiro atoms. The molecule has 0 fully saturated rings. The first-order chi connectivity index (χ1) is 8.68. The summed E-state index contributed by atoms with van der Waals surface area (Å²) in [6, 6.07) is 20.6. The van der Waals surface area contributed by atoms with Crippen LogP contribution in [-0.2, 0) is 0 Å². The highest BCUT2D eigenvalue weighted by Gasteiger charge is 1.84. The lowest BCUT2D eigenvalue weighted by Gasteiger charge is -1.92. The molecule has 0 aliphatic carbocycles. The molecule has 0 atom stereocenters. The average Bonchev–Trinajstić information content (AvgIpc) is 2.38. The number of rotatable bonds is 2. The topological polar surface area (TPSA) is 0 Å². The van der Waals surface area contributed by atoms with Crippen LogP contribution >= 0.6 is 34.8 Å². The van der Waals surface area contributed by atoms with Gasteiger partial charge >= 0.3 is 0 Å². The van der Waals surface area contributed by atoms with Crippen LogP contribution in [0.15, 0.2) is 60.7 Å². The molecule has 0 amide bonds. The molecule has 0 aliphatic heterocycles. The van der Waals surface area contributed by atoms with Gasteiger partial charge in [-0.1, -0.05) is 108 Å². The van der Waals surface area contributed by atoms with Crippen LogP contribution in [-0.4, -0.2) is 4.30 Å². The van der Waals surface area contributed by atoms with Gasteiger partial charge in [-0.25, -0.2) is 0 Å². The molecule has 3 heteroatoms. The van der Waals surface area contributed by atoms with E-state index in [1.165, 1.54) is 11.1 Å². The maximum absolute atomic E-state index is 4.81. The highest BCUT2D eigenvalue weighted by molar-refractivity contribution is 6.63. The summed E-state index contributed by atoms with van der Waals surface area (Å²) in [6.07, 6.45) is 4.24. The fraction of sp³-hybridized carbons (Fsp3) is 0.0667. The van der Waals surface area contributed by atoms with Gasteiger partial charge in [-0.3, -0.25) is 0 Å². The second kappa shape index (κ2) is 9.04. The van der Waals surface area contributed by atoms with Gasteiger partial charge in [-0.2, -0.15) is 0 Å². The van der Waals surface area contributed by atoms with Gasteiger partial charge in [0.25, 0.3) is 0 Å². The molecule has 0 nitrogen and oxygen atoms in total. The summed E-state index contributed by atoms with van der Waals surface area (Å²) in [6.45, 7) is 0. The maximum atomic E-state index is 4.81. The molecule has 0 heterocycles. The minimum atomic E-state index is -0.750. The summed E-state index contributed by atoms with van der Waals surface area (Å²) in [5.74, 6) is 0. The van der Waals surface area contributed by atoms with Gasteiger partial charge in [-0.05, 0) is 11.1 Å². The zero-order valence-electron chi connectivity index (χ0n) is 9.64. The van der Waals surface area contributed by atoms with Gasteiger partial charge in [0, 0.05) is 0 Å². The standard InChI is InChI=1S/C14H12.CHCl3/c1-3-7-13(8-4-1)11-12-14-9-5-2-6-10-14;2-1(3)4/h1-12H;1H. The lowest BCUT2D eigenvalue weighted by atomic mass is 10.1. The van der Waals surface area contributed by atoms with Crippen molar-refractivity contribution in [3.05, 3.63) is 71.8 Å². The minimum absolute atomic E-state index is 0.750. The van der Waals surface area contributed by atoms with Crippen LogP contribution in [0, 0.1) is 0 Å². The van der Waals surface area contributed by atoms with E-state index in [2.05, 4.69) is 36.4 Å². The highest BCUT2D eigenvalue weighted by Crippen LogP contribution is 2.07. The van der Waals surface area contributed by atoms with E-state index in [0.717, 1.165) is 0 Å². The minimum Gasteiger partial charge on any atom is -0.0874 e. The SMILES string of the molecule is C(=Cc1ccccc1)c1ccccc1.ClC(Cl)Cl. The Morgan fingerprint density at radius 3 is 1.17 bits per heavy atom. The zero-order chi connectivity index (χ0) is 13.2. The Kier molecular flexibility index (Phi) is 7.59. The van der Waals surface area contributed by atoms with E-state index < -0.39 is 4.30 Å². The van der Waals surface area contributed by atoms with Crippen LogP contribution < -0.4 is 0 Å². The molecule has 0 N–H and O–H groups in total. The molecular formula is C15H13Cl3. The van der Waals surface area contributed by atoms with E-state index >= 15 is 0 Å². The molecule has 0 aromatic heterocycles. The average molecular weight is 300 g/mol. The fourth-order valence-corrected chi connectivity index (χ4v) is 1.32. The van der Waals surface area contributed by atoms with Gasteiger partial charge in [0.1, 0.15) is 0 Å². The van der Waals surface area contributed by atoms with Gasteiger partial charge in [-0.15, -0.1) is 0 Å². The number of halogens is 3. The van der Waals surface area contributed by atoms with Crippen LogP contribution in [0.3, 0.4) is 0 Å². The second-order valence-electron chi connectivity index (χ2n) is 3.40. The molecule has 0 saturated carbocycles. The number of alkyl halides is 3. The zero-order valence-corrected chi connectivity index (χ0v) is 11.9. The first-order valence-electron chi connectivity index (χ1n) is 5.39. The van der Waals surface area contributed by atoms with E-state index in [9.17, 15) is 0 Å². The van der Waals surface area contributed by atoms with E-state index in [-0.39, 0.29) is 0 Å². The number of hydrogen-bond donors (Lipinski definition) is 0. The summed E-state index contributed by atoms with van der Waals surface area (Å²) in [5, 5.41) is 0. The quantitative estimate of drug-likeness (QED) is 0.482. The third-order valence-electron chi connectivity index (χ3n) is 2.07. The maximum Gasteiger partial charge on any atom is 0.180 e. The smallest absolute Gasteiger partial charge is 0.0874 e. The van der Waals surface area contributed by atoms with Crippen molar-refractivity contribution < 1.29 is 0 Å². The van der Waals surface area contributed by atoms with E-state index in [1.54, 1.807) is 0 Å². The summed E-state index contributed by atoms with van der Waals surface area (Å²) < 4.78 is -0.750. The summed E-state index contributed by atoms with van der Waals surface area (Å²) in [4.78, 5) is 0. The van der Waals surface area contributed by atoms with Crippen molar-refractivity contribution in [3.8, 4) is 0 Å².